The Balaban J connectivity index is 1.91. The van der Waals surface area contributed by atoms with Gasteiger partial charge in [0.25, 0.3) is 5.91 Å². The Kier molecular flexibility index (Phi) is 16.5. The first-order valence-electron chi connectivity index (χ1n) is 17.5. The molecule has 3 N–H and O–H groups in total. The summed E-state index contributed by atoms with van der Waals surface area (Å²) in [5.74, 6) is -4.73. The van der Waals surface area contributed by atoms with Crippen LogP contribution in [0.25, 0.3) is 21.5 Å². The van der Waals surface area contributed by atoms with Crippen molar-refractivity contribution >= 4 is 63.1 Å². The van der Waals surface area contributed by atoms with Gasteiger partial charge in [-0.3, -0.25) is 24.0 Å². The van der Waals surface area contributed by atoms with E-state index in [1.54, 1.807) is 52.0 Å². The van der Waals surface area contributed by atoms with Crippen LogP contribution >= 0.6 is 0 Å². The Labute approximate surface area is 302 Å². The second kappa shape index (κ2) is 21.0. The molecule has 0 saturated carbocycles. The van der Waals surface area contributed by atoms with E-state index in [9.17, 15) is 33.6 Å². The number of hydrogen-bond donors (Lipinski definition) is 3. The van der Waals surface area contributed by atoms with E-state index in [4.69, 9.17) is 18.9 Å². The number of fused-ring (bicyclic) bond motifs is 2. The van der Waals surface area contributed by atoms with Gasteiger partial charge < -0.3 is 34.9 Å². The second-order valence-corrected chi connectivity index (χ2v) is 11.6. The molecule has 3 unspecified atom stereocenters. The van der Waals surface area contributed by atoms with E-state index in [1.807, 2.05) is 30.3 Å². The Bertz CT molecular complexity index is 1690. The number of carbonyl (C=O) groups excluding carboxylic acids is 7. The van der Waals surface area contributed by atoms with Gasteiger partial charge in [0.1, 0.15) is 18.1 Å². The van der Waals surface area contributed by atoms with Crippen molar-refractivity contribution in [3.63, 3.8) is 0 Å². The third-order valence-corrected chi connectivity index (χ3v) is 7.96. The van der Waals surface area contributed by atoms with Crippen molar-refractivity contribution in [2.24, 2.45) is 0 Å². The summed E-state index contributed by atoms with van der Waals surface area (Å²) in [4.78, 5) is 90.7. The van der Waals surface area contributed by atoms with Gasteiger partial charge in [-0.05, 0) is 74.6 Å². The number of carbonyl (C=O) groups is 7. The molecule has 14 nitrogen and oxygen atoms in total. The van der Waals surface area contributed by atoms with Gasteiger partial charge >= 0.3 is 23.9 Å². The van der Waals surface area contributed by atoms with Gasteiger partial charge in [0.05, 0.1) is 32.0 Å². The molecule has 0 aromatic heterocycles. The normalized spacial score (nSPS) is 12.5. The Morgan fingerprint density at radius 3 is 1.46 bits per heavy atom. The molecule has 0 aliphatic rings. The van der Waals surface area contributed by atoms with Crippen LogP contribution in [0.4, 0.5) is 0 Å². The molecule has 3 atom stereocenters. The lowest BCUT2D eigenvalue weighted by Crippen LogP contribution is -2.52. The molecule has 0 aliphatic carbocycles. The Morgan fingerprint density at radius 1 is 0.538 bits per heavy atom. The number of hydrogen-bond acceptors (Lipinski definition) is 11. The maximum Gasteiger partial charge on any atom is 0.328 e. The zero-order valence-corrected chi connectivity index (χ0v) is 30.0. The summed E-state index contributed by atoms with van der Waals surface area (Å²) in [7, 11) is 0. The summed E-state index contributed by atoms with van der Waals surface area (Å²) in [5, 5.41) is 10.7. The molecule has 280 valence electrons. The summed E-state index contributed by atoms with van der Waals surface area (Å²) in [6.45, 7) is 6.81. The maximum absolute atomic E-state index is 14.1. The number of esters is 4. The van der Waals surface area contributed by atoms with Crippen LogP contribution in [0.15, 0.2) is 54.6 Å². The molecule has 52 heavy (non-hydrogen) atoms. The fourth-order valence-corrected chi connectivity index (χ4v) is 5.55. The molecule has 0 bridgehead atoms. The van der Waals surface area contributed by atoms with Gasteiger partial charge in [-0.25, -0.2) is 9.59 Å². The van der Waals surface area contributed by atoms with Gasteiger partial charge in [-0.2, -0.15) is 0 Å². The van der Waals surface area contributed by atoms with E-state index < -0.39 is 59.7 Å². The van der Waals surface area contributed by atoms with Crippen molar-refractivity contribution < 1.29 is 52.5 Å². The first-order valence-corrected chi connectivity index (χ1v) is 17.5. The fourth-order valence-electron chi connectivity index (χ4n) is 5.55. The average Bonchev–Trinajstić information content (AvgIpc) is 3.12. The SMILES string of the molecule is CCOC(=O)CCC(NC(=O)CCC(NC(=O)c1c2ccccc2cc2ccccc12)C(=O)NC(CCC(=O)OCC)C(=O)OCC)C(=O)OCC. The lowest BCUT2D eigenvalue weighted by molar-refractivity contribution is -0.149. The van der Waals surface area contributed by atoms with Crippen LogP contribution in [-0.4, -0.2) is 86.2 Å². The van der Waals surface area contributed by atoms with Crippen molar-refractivity contribution in [2.75, 3.05) is 26.4 Å². The maximum atomic E-state index is 14.1. The van der Waals surface area contributed by atoms with Crippen molar-refractivity contribution in [1.29, 1.82) is 0 Å². The minimum absolute atomic E-state index is 0.0108. The van der Waals surface area contributed by atoms with Crippen LogP contribution in [-0.2, 0) is 47.7 Å². The highest BCUT2D eigenvalue weighted by atomic mass is 16.5. The van der Waals surface area contributed by atoms with E-state index in [-0.39, 0.29) is 65.0 Å². The number of nitrogens with one attached hydrogen (secondary N) is 3. The first kappa shape index (κ1) is 40.9. The van der Waals surface area contributed by atoms with Crippen LogP contribution in [0.5, 0.6) is 0 Å². The Morgan fingerprint density at radius 2 is 0.981 bits per heavy atom. The summed E-state index contributed by atoms with van der Waals surface area (Å²) >= 11 is 0. The van der Waals surface area contributed by atoms with E-state index in [0.29, 0.717) is 16.3 Å². The molecule has 0 saturated heterocycles. The second-order valence-electron chi connectivity index (χ2n) is 11.6. The highest BCUT2D eigenvalue weighted by Gasteiger charge is 2.31. The van der Waals surface area contributed by atoms with Crippen molar-refractivity contribution in [2.45, 2.75) is 84.3 Å². The zero-order valence-electron chi connectivity index (χ0n) is 30.0. The number of rotatable bonds is 20. The van der Waals surface area contributed by atoms with Crippen LogP contribution in [0.1, 0.15) is 76.6 Å². The first-order chi connectivity index (χ1) is 25.0. The molecule has 3 aromatic carbocycles. The molecule has 3 rings (SSSR count). The standard InChI is InChI=1S/C38H47N3O11/c1-5-49-32(43)21-18-29(37(47)51-7-3)39-31(42)20-17-28(35(45)41-30(38(48)52-8-4)19-22-33(44)50-6-2)40-36(46)34-26-15-11-9-13-24(26)23-25-14-10-12-16-27(25)34/h9-16,23,28-30H,5-8,17-22H2,1-4H3,(H,39,42)(H,40,46)(H,41,45). The van der Waals surface area contributed by atoms with Crippen molar-refractivity contribution in [3.8, 4) is 0 Å². The molecule has 14 heteroatoms. The van der Waals surface area contributed by atoms with Crippen LogP contribution < -0.4 is 16.0 Å². The van der Waals surface area contributed by atoms with Gasteiger partial charge in [0.15, 0.2) is 0 Å². The molecular formula is C38H47N3O11. The average molecular weight is 722 g/mol. The van der Waals surface area contributed by atoms with Gasteiger partial charge in [0.2, 0.25) is 11.8 Å². The highest BCUT2D eigenvalue weighted by Crippen LogP contribution is 2.28. The minimum Gasteiger partial charge on any atom is -0.466 e. The van der Waals surface area contributed by atoms with E-state index in [2.05, 4.69) is 16.0 Å². The van der Waals surface area contributed by atoms with Crippen molar-refractivity contribution in [3.05, 3.63) is 60.2 Å². The highest BCUT2D eigenvalue weighted by molar-refractivity contribution is 6.18. The molecular weight excluding hydrogens is 674 g/mol. The van der Waals surface area contributed by atoms with Gasteiger partial charge in [-0.1, -0.05) is 48.5 Å². The molecule has 0 spiro atoms. The predicted octanol–water partition coefficient (Wildman–Crippen LogP) is 3.65. The smallest absolute Gasteiger partial charge is 0.328 e. The van der Waals surface area contributed by atoms with E-state index in [1.165, 1.54) is 0 Å². The number of ether oxygens (including phenoxy) is 4. The summed E-state index contributed by atoms with van der Waals surface area (Å²) < 4.78 is 20.1. The third kappa shape index (κ3) is 12.1. The molecule has 0 fully saturated rings. The molecule has 0 heterocycles. The largest absolute Gasteiger partial charge is 0.466 e. The van der Waals surface area contributed by atoms with Gasteiger partial charge in [-0.15, -0.1) is 0 Å². The van der Waals surface area contributed by atoms with E-state index >= 15 is 0 Å². The summed E-state index contributed by atoms with van der Waals surface area (Å²) in [6.07, 6.45) is -1.18. The van der Waals surface area contributed by atoms with Crippen LogP contribution in [0.3, 0.4) is 0 Å². The van der Waals surface area contributed by atoms with Crippen LogP contribution in [0, 0.1) is 0 Å². The third-order valence-electron chi connectivity index (χ3n) is 7.96. The topological polar surface area (TPSA) is 192 Å². The van der Waals surface area contributed by atoms with Crippen LogP contribution in [0.2, 0.25) is 0 Å². The van der Waals surface area contributed by atoms with Gasteiger partial charge in [0, 0.05) is 19.3 Å². The lowest BCUT2D eigenvalue weighted by Gasteiger charge is -2.23. The monoisotopic (exact) mass is 721 g/mol. The Hall–Kier alpha value is -5.53. The predicted molar refractivity (Wildman–Crippen MR) is 191 cm³/mol. The van der Waals surface area contributed by atoms with E-state index in [0.717, 1.165) is 10.8 Å². The minimum atomic E-state index is -1.36. The summed E-state index contributed by atoms with van der Waals surface area (Å²) in [5.41, 5.74) is 0.307. The number of benzene rings is 3. The fraction of sp³-hybridized carbons (Fsp3) is 0.447. The zero-order chi connectivity index (χ0) is 38.0. The molecule has 0 aliphatic heterocycles. The summed E-state index contributed by atoms with van der Waals surface area (Å²) in [6, 6.07) is 12.7. The molecule has 3 amide bonds. The molecule has 0 radical (unpaired) electrons. The lowest BCUT2D eigenvalue weighted by atomic mass is 9.96. The number of amides is 3. The quantitative estimate of drug-likeness (QED) is 0.0877. The van der Waals surface area contributed by atoms with Crippen molar-refractivity contribution in [1.82, 2.24) is 16.0 Å². The molecule has 3 aromatic rings.